The normalized spacial score (nSPS) is 13.7. The first kappa shape index (κ1) is 24.2. The van der Waals surface area contributed by atoms with Gasteiger partial charge < -0.3 is 15.1 Å². The Morgan fingerprint density at radius 1 is 1.00 bits per heavy atom. The van der Waals surface area contributed by atoms with Crippen molar-refractivity contribution in [3.05, 3.63) is 83.4 Å². The van der Waals surface area contributed by atoms with Crippen molar-refractivity contribution < 1.29 is 14.2 Å². The van der Waals surface area contributed by atoms with Gasteiger partial charge in [0, 0.05) is 48.1 Å². The molecule has 2 N–H and O–H groups in total. The number of anilines is 2. The van der Waals surface area contributed by atoms with E-state index in [4.69, 9.17) is 11.6 Å². The third kappa shape index (κ3) is 5.34. The van der Waals surface area contributed by atoms with Crippen molar-refractivity contribution in [2.45, 2.75) is 5.16 Å². The lowest BCUT2D eigenvalue weighted by molar-refractivity contribution is -0.683. The number of halogens is 1. The minimum absolute atomic E-state index is 0.00845. The van der Waals surface area contributed by atoms with Crippen LogP contribution in [0.15, 0.2) is 78.0 Å². The van der Waals surface area contributed by atoms with Gasteiger partial charge >= 0.3 is 5.16 Å². The second-order valence-electron chi connectivity index (χ2n) is 8.68. The third-order valence-electron chi connectivity index (χ3n) is 6.31. The molecule has 1 aromatic heterocycles. The monoisotopic (exact) mass is 520 g/mol. The van der Waals surface area contributed by atoms with E-state index in [0.717, 1.165) is 40.7 Å². The van der Waals surface area contributed by atoms with Crippen LogP contribution in [0.2, 0.25) is 5.02 Å². The number of aromatic amines is 1. The number of amides is 2. The number of hydrogen-bond acceptors (Lipinski definition) is 4. The maximum atomic E-state index is 12.8. The lowest BCUT2D eigenvalue weighted by Gasteiger charge is -2.36. The Bertz CT molecular complexity index is 1400. The van der Waals surface area contributed by atoms with E-state index in [1.54, 1.807) is 24.3 Å². The van der Waals surface area contributed by atoms with Crippen molar-refractivity contribution in [2.75, 3.05) is 42.1 Å². The van der Waals surface area contributed by atoms with Gasteiger partial charge in [0.1, 0.15) is 0 Å². The summed E-state index contributed by atoms with van der Waals surface area (Å²) in [6, 6.07) is 23.0. The van der Waals surface area contributed by atoms with Crippen molar-refractivity contribution in [1.29, 1.82) is 0 Å². The molecule has 4 aromatic rings. The van der Waals surface area contributed by atoms with Crippen LogP contribution in [-0.4, -0.2) is 53.6 Å². The number of rotatable bonds is 6. The molecule has 0 bridgehead atoms. The van der Waals surface area contributed by atoms with E-state index in [-0.39, 0.29) is 11.8 Å². The molecule has 1 aliphatic rings. The Balaban J connectivity index is 1.12. The van der Waals surface area contributed by atoms with E-state index < -0.39 is 0 Å². The van der Waals surface area contributed by atoms with Crippen molar-refractivity contribution in [2.24, 2.45) is 7.05 Å². The Morgan fingerprint density at radius 3 is 2.47 bits per heavy atom. The molecule has 0 unspecified atom stereocenters. The van der Waals surface area contributed by atoms with Crippen LogP contribution in [0, 0.1) is 0 Å². The summed E-state index contributed by atoms with van der Waals surface area (Å²) in [5.74, 6) is 0.263. The molecule has 2 heterocycles. The number of piperazine rings is 1. The molecule has 1 fully saturated rings. The van der Waals surface area contributed by atoms with Gasteiger partial charge in [0.25, 0.3) is 5.91 Å². The van der Waals surface area contributed by atoms with Crippen LogP contribution in [0.3, 0.4) is 0 Å². The number of thioether (sulfide) groups is 1. The highest BCUT2D eigenvalue weighted by Gasteiger charge is 2.22. The molecule has 3 aromatic carbocycles. The number of imidazole rings is 1. The number of aryl methyl sites for hydroxylation is 1. The van der Waals surface area contributed by atoms with Crippen LogP contribution in [0.1, 0.15) is 10.4 Å². The molecule has 2 amide bonds. The predicted molar refractivity (Wildman–Crippen MR) is 145 cm³/mol. The minimum Gasteiger partial charge on any atom is -0.368 e. The molecule has 0 radical (unpaired) electrons. The molecule has 0 saturated carbocycles. The average molecular weight is 521 g/mol. The molecular weight excluding hydrogens is 494 g/mol. The SMILES string of the molecule is C[n+]1c(SCC(=O)Nc2ccc(N3CCN(C(=O)c4cccc(Cl)c4)CC3)cc2)[nH]c2ccccc21. The van der Waals surface area contributed by atoms with Crippen LogP contribution >= 0.6 is 23.4 Å². The molecule has 0 spiro atoms. The highest BCUT2D eigenvalue weighted by Crippen LogP contribution is 2.22. The number of H-pyrrole nitrogens is 1. The van der Waals surface area contributed by atoms with Crippen molar-refractivity contribution >= 4 is 57.6 Å². The van der Waals surface area contributed by atoms with Crippen molar-refractivity contribution in [1.82, 2.24) is 9.88 Å². The van der Waals surface area contributed by atoms with E-state index in [0.29, 0.717) is 29.4 Å². The number of benzene rings is 3. The van der Waals surface area contributed by atoms with Crippen LogP contribution in [-0.2, 0) is 11.8 Å². The van der Waals surface area contributed by atoms with E-state index >= 15 is 0 Å². The molecule has 5 rings (SSSR count). The maximum Gasteiger partial charge on any atom is 0.317 e. The Morgan fingerprint density at radius 2 is 1.75 bits per heavy atom. The number of aromatic nitrogens is 2. The zero-order chi connectivity index (χ0) is 25.1. The fraction of sp³-hybridized carbons (Fsp3) is 0.222. The fourth-order valence-corrected chi connectivity index (χ4v) is 5.38. The van der Waals surface area contributed by atoms with Gasteiger partial charge in [0.05, 0.1) is 12.8 Å². The van der Waals surface area contributed by atoms with Gasteiger partial charge in [-0.05, 0) is 66.4 Å². The second-order valence-corrected chi connectivity index (χ2v) is 10.1. The molecular formula is C27H27ClN5O2S+. The van der Waals surface area contributed by atoms with E-state index in [1.807, 2.05) is 54.4 Å². The first-order chi connectivity index (χ1) is 17.5. The van der Waals surface area contributed by atoms with E-state index in [9.17, 15) is 9.59 Å². The van der Waals surface area contributed by atoms with Gasteiger partial charge in [0.2, 0.25) is 5.91 Å². The summed E-state index contributed by atoms with van der Waals surface area (Å²) in [6.45, 7) is 2.78. The molecule has 1 saturated heterocycles. The maximum absolute atomic E-state index is 12.8. The molecule has 184 valence electrons. The number of carbonyl (C=O) groups is 2. The summed E-state index contributed by atoms with van der Waals surface area (Å²) in [7, 11) is 1.99. The van der Waals surface area contributed by atoms with Gasteiger partial charge in [-0.2, -0.15) is 0 Å². The highest BCUT2D eigenvalue weighted by atomic mass is 35.5. The molecule has 0 aliphatic carbocycles. The van der Waals surface area contributed by atoms with E-state index in [2.05, 4.69) is 25.8 Å². The first-order valence-electron chi connectivity index (χ1n) is 11.8. The molecule has 1 aliphatic heterocycles. The highest BCUT2D eigenvalue weighted by molar-refractivity contribution is 7.99. The second kappa shape index (κ2) is 10.6. The Labute approximate surface area is 219 Å². The van der Waals surface area contributed by atoms with Crippen molar-refractivity contribution in [3.8, 4) is 0 Å². The van der Waals surface area contributed by atoms with Crippen LogP contribution in [0.5, 0.6) is 0 Å². The van der Waals surface area contributed by atoms with Gasteiger partial charge in [-0.1, -0.05) is 29.8 Å². The number of fused-ring (bicyclic) bond motifs is 1. The Hall–Kier alpha value is -3.49. The summed E-state index contributed by atoms with van der Waals surface area (Å²) in [6.07, 6.45) is 0. The molecule has 7 nitrogen and oxygen atoms in total. The average Bonchev–Trinajstić information content (AvgIpc) is 3.23. The summed E-state index contributed by atoms with van der Waals surface area (Å²) >= 11 is 7.51. The lowest BCUT2D eigenvalue weighted by atomic mass is 10.1. The molecule has 0 atom stereocenters. The zero-order valence-electron chi connectivity index (χ0n) is 19.9. The minimum atomic E-state index is -0.0560. The van der Waals surface area contributed by atoms with Gasteiger partial charge in [-0.3, -0.25) is 9.59 Å². The van der Waals surface area contributed by atoms with E-state index in [1.165, 1.54) is 11.8 Å². The van der Waals surface area contributed by atoms with Crippen LogP contribution in [0.25, 0.3) is 11.0 Å². The number of nitrogens with zero attached hydrogens (tertiary/aromatic N) is 3. The predicted octanol–water partition coefficient (Wildman–Crippen LogP) is 4.34. The lowest BCUT2D eigenvalue weighted by Crippen LogP contribution is -2.48. The summed E-state index contributed by atoms with van der Waals surface area (Å²) in [5, 5.41) is 4.48. The molecule has 36 heavy (non-hydrogen) atoms. The smallest absolute Gasteiger partial charge is 0.317 e. The number of para-hydroxylation sites is 2. The zero-order valence-corrected chi connectivity index (χ0v) is 21.5. The summed E-state index contributed by atoms with van der Waals surface area (Å²) in [4.78, 5) is 32.7. The molecule has 9 heteroatoms. The Kier molecular flexibility index (Phi) is 7.16. The summed E-state index contributed by atoms with van der Waals surface area (Å²) < 4.78 is 2.06. The fourth-order valence-electron chi connectivity index (χ4n) is 4.37. The first-order valence-corrected chi connectivity index (χ1v) is 13.1. The standard InChI is InChI=1S/C27H26ClN5O2S/c1-31-24-8-3-2-7-23(24)30-27(31)36-18-25(34)29-21-9-11-22(12-10-21)32-13-15-33(16-14-32)26(35)19-5-4-6-20(28)17-19/h2-12,17H,13-16,18H2,1H3,(H,29,34)/p+1. The quantitative estimate of drug-likeness (QED) is 0.293. The topological polar surface area (TPSA) is 72.3 Å². The number of carbonyl (C=O) groups excluding carboxylic acids is 2. The van der Waals surface area contributed by atoms with Crippen LogP contribution in [0.4, 0.5) is 11.4 Å². The van der Waals surface area contributed by atoms with Gasteiger partial charge in [-0.25, -0.2) is 9.55 Å². The number of hydrogen-bond donors (Lipinski definition) is 2. The van der Waals surface area contributed by atoms with Crippen molar-refractivity contribution in [3.63, 3.8) is 0 Å². The summed E-state index contributed by atoms with van der Waals surface area (Å²) in [5.41, 5.74) is 4.61. The third-order valence-corrected chi connectivity index (χ3v) is 7.60. The van der Waals surface area contributed by atoms with Gasteiger partial charge in [0.15, 0.2) is 11.0 Å². The van der Waals surface area contributed by atoms with Crippen LogP contribution < -0.4 is 14.8 Å². The largest absolute Gasteiger partial charge is 0.368 e. The number of nitrogens with one attached hydrogen (secondary N) is 2. The van der Waals surface area contributed by atoms with Gasteiger partial charge in [-0.15, -0.1) is 0 Å².